The van der Waals surface area contributed by atoms with Crippen molar-refractivity contribution in [3.63, 3.8) is 0 Å². The Balaban J connectivity index is 3.19. The van der Waals surface area contributed by atoms with Gasteiger partial charge in [0, 0.05) is 6.20 Å². The first-order valence-corrected chi connectivity index (χ1v) is 7.60. The molecular weight excluding hydrogens is 336 g/mol. The largest absolute Gasteiger partial charge is 0.443 e. The molecule has 24 heavy (non-hydrogen) atoms. The van der Waals surface area contributed by atoms with Crippen molar-refractivity contribution in [2.45, 2.75) is 52.7 Å². The van der Waals surface area contributed by atoms with Gasteiger partial charge in [-0.2, -0.15) is 4.90 Å². The summed E-state index contributed by atoms with van der Waals surface area (Å²) >= 11 is 5.36. The molecule has 132 valence electrons. The molecule has 1 aromatic rings. The predicted octanol–water partition coefficient (Wildman–Crippen LogP) is 4.14. The van der Waals surface area contributed by atoms with Crippen molar-refractivity contribution in [1.29, 1.82) is 0 Å². The quantitative estimate of drug-likeness (QED) is 0.740. The molecule has 0 aliphatic heterocycles. The maximum atomic E-state index is 12.4. The van der Waals surface area contributed by atoms with E-state index in [2.05, 4.69) is 4.98 Å². The van der Waals surface area contributed by atoms with Crippen LogP contribution in [0.3, 0.4) is 0 Å². The van der Waals surface area contributed by atoms with Crippen molar-refractivity contribution in [3.05, 3.63) is 23.9 Å². The summed E-state index contributed by atoms with van der Waals surface area (Å²) in [6, 6.07) is 2.66. The molecule has 0 N–H and O–H groups in total. The van der Waals surface area contributed by atoms with E-state index in [0.29, 0.717) is 4.90 Å². The van der Waals surface area contributed by atoms with E-state index in [9.17, 15) is 14.4 Å². The molecule has 0 saturated heterocycles. The Morgan fingerprint density at radius 2 is 1.42 bits per heavy atom. The number of rotatable bonds is 2. The standard InChI is InChI=1S/C16H21ClN2O5/c1-15(2,3)23-13(21)19(14(22)24-16(4,5)6)11-8-7-10(9-18-11)12(17)20/h7-9H,1-6H3. The smallest absolute Gasteiger partial charge is 0.425 e. The number of aromatic nitrogens is 1. The molecule has 0 radical (unpaired) electrons. The van der Waals surface area contributed by atoms with Gasteiger partial charge in [0.05, 0.1) is 5.56 Å². The number of carbonyl (C=O) groups is 3. The van der Waals surface area contributed by atoms with Crippen LogP contribution in [0.1, 0.15) is 51.9 Å². The second-order valence-corrected chi connectivity index (χ2v) is 7.32. The number of imide groups is 1. The summed E-state index contributed by atoms with van der Waals surface area (Å²) in [6.45, 7) is 10.0. The van der Waals surface area contributed by atoms with Gasteiger partial charge in [0.15, 0.2) is 0 Å². The lowest BCUT2D eigenvalue weighted by molar-refractivity contribution is 0.0429. The third-order valence-electron chi connectivity index (χ3n) is 2.36. The van der Waals surface area contributed by atoms with Gasteiger partial charge in [-0.15, -0.1) is 0 Å². The van der Waals surface area contributed by atoms with Crippen molar-refractivity contribution < 1.29 is 23.9 Å². The van der Waals surface area contributed by atoms with E-state index in [4.69, 9.17) is 21.1 Å². The lowest BCUT2D eigenvalue weighted by Crippen LogP contribution is -2.44. The van der Waals surface area contributed by atoms with E-state index in [-0.39, 0.29) is 11.4 Å². The van der Waals surface area contributed by atoms with Crippen molar-refractivity contribution >= 4 is 34.8 Å². The lowest BCUT2D eigenvalue weighted by atomic mass is 10.2. The molecule has 0 aliphatic carbocycles. The van der Waals surface area contributed by atoms with Crippen molar-refractivity contribution in [3.8, 4) is 0 Å². The van der Waals surface area contributed by atoms with Crippen LogP contribution in [0.4, 0.5) is 15.4 Å². The number of hydrogen-bond acceptors (Lipinski definition) is 6. The van der Waals surface area contributed by atoms with E-state index >= 15 is 0 Å². The minimum absolute atomic E-state index is 0.0415. The molecule has 1 rings (SSSR count). The highest BCUT2D eigenvalue weighted by molar-refractivity contribution is 6.67. The van der Waals surface area contributed by atoms with Crippen LogP contribution in [0.2, 0.25) is 0 Å². The zero-order valence-electron chi connectivity index (χ0n) is 14.5. The molecule has 0 atom stereocenters. The summed E-state index contributed by atoms with van der Waals surface area (Å²) < 4.78 is 10.4. The molecule has 0 bridgehead atoms. The van der Waals surface area contributed by atoms with Gasteiger partial charge in [-0.05, 0) is 65.3 Å². The summed E-state index contributed by atoms with van der Waals surface area (Å²) in [4.78, 5) is 40.4. The topological polar surface area (TPSA) is 85.8 Å². The molecule has 2 amide bonds. The molecule has 0 saturated carbocycles. The molecule has 0 fully saturated rings. The summed E-state index contributed by atoms with van der Waals surface area (Å²) in [7, 11) is 0. The van der Waals surface area contributed by atoms with Crippen LogP contribution in [0.15, 0.2) is 18.3 Å². The van der Waals surface area contributed by atoms with E-state index in [1.54, 1.807) is 41.5 Å². The van der Waals surface area contributed by atoms with Gasteiger partial charge in [0.25, 0.3) is 5.24 Å². The van der Waals surface area contributed by atoms with E-state index < -0.39 is 28.6 Å². The highest BCUT2D eigenvalue weighted by Crippen LogP contribution is 2.20. The second kappa shape index (κ2) is 7.17. The summed E-state index contributed by atoms with van der Waals surface area (Å²) in [6.07, 6.45) is -0.713. The Morgan fingerprint density at radius 3 is 1.71 bits per heavy atom. The van der Waals surface area contributed by atoms with Crippen molar-refractivity contribution in [2.24, 2.45) is 0 Å². The van der Waals surface area contributed by atoms with Crippen molar-refractivity contribution in [2.75, 3.05) is 4.90 Å². The number of anilines is 1. The molecule has 0 aromatic carbocycles. The van der Waals surface area contributed by atoms with E-state index in [1.807, 2.05) is 0 Å². The van der Waals surface area contributed by atoms with Gasteiger partial charge < -0.3 is 9.47 Å². The van der Waals surface area contributed by atoms with Crippen LogP contribution >= 0.6 is 11.6 Å². The monoisotopic (exact) mass is 356 g/mol. The Hall–Kier alpha value is -2.15. The number of amides is 2. The number of halogens is 1. The third-order valence-corrected chi connectivity index (χ3v) is 2.57. The molecular formula is C16H21ClN2O5. The summed E-state index contributed by atoms with van der Waals surface area (Å²) in [5, 5.41) is -0.699. The van der Waals surface area contributed by atoms with Crippen LogP contribution in [0.5, 0.6) is 0 Å². The van der Waals surface area contributed by atoms with Crippen LogP contribution < -0.4 is 4.90 Å². The first-order valence-electron chi connectivity index (χ1n) is 7.22. The predicted molar refractivity (Wildman–Crippen MR) is 89.4 cm³/mol. The Bertz CT molecular complexity index is 601. The Labute approximate surface area is 145 Å². The number of ether oxygens (including phenoxy) is 2. The number of pyridine rings is 1. The molecule has 8 heteroatoms. The first-order chi connectivity index (χ1) is 10.8. The number of carbonyl (C=O) groups excluding carboxylic acids is 3. The van der Waals surface area contributed by atoms with Crippen LogP contribution in [0, 0.1) is 0 Å². The minimum atomic E-state index is -0.936. The molecule has 7 nitrogen and oxygen atoms in total. The third kappa shape index (κ3) is 6.16. The normalized spacial score (nSPS) is 11.6. The average molecular weight is 357 g/mol. The minimum Gasteiger partial charge on any atom is -0.443 e. The van der Waals surface area contributed by atoms with Gasteiger partial charge in [-0.25, -0.2) is 14.6 Å². The Morgan fingerprint density at radius 1 is 0.958 bits per heavy atom. The molecule has 0 unspecified atom stereocenters. The average Bonchev–Trinajstić information content (AvgIpc) is 2.34. The van der Waals surface area contributed by atoms with Crippen LogP contribution in [-0.4, -0.2) is 33.6 Å². The van der Waals surface area contributed by atoms with Crippen molar-refractivity contribution in [1.82, 2.24) is 4.98 Å². The van der Waals surface area contributed by atoms with E-state index in [0.717, 1.165) is 6.20 Å². The highest BCUT2D eigenvalue weighted by atomic mass is 35.5. The summed E-state index contributed by atoms with van der Waals surface area (Å²) in [5.74, 6) is -0.0415. The molecule has 1 heterocycles. The zero-order valence-corrected chi connectivity index (χ0v) is 15.3. The Kier molecular flexibility index (Phi) is 5.94. The molecule has 0 aliphatic rings. The summed E-state index contributed by atoms with van der Waals surface area (Å²) in [5.41, 5.74) is -1.50. The van der Waals surface area contributed by atoms with Crippen LogP contribution in [0.25, 0.3) is 0 Å². The fourth-order valence-electron chi connectivity index (χ4n) is 1.51. The second-order valence-electron chi connectivity index (χ2n) is 6.97. The molecule has 1 aromatic heterocycles. The van der Waals surface area contributed by atoms with Gasteiger partial charge in [-0.3, -0.25) is 4.79 Å². The zero-order chi connectivity index (χ0) is 18.7. The van der Waals surface area contributed by atoms with Crippen LogP contribution in [-0.2, 0) is 9.47 Å². The maximum Gasteiger partial charge on any atom is 0.425 e. The van der Waals surface area contributed by atoms with Gasteiger partial charge in [0.1, 0.15) is 17.0 Å². The van der Waals surface area contributed by atoms with E-state index in [1.165, 1.54) is 12.1 Å². The lowest BCUT2D eigenvalue weighted by Gasteiger charge is -2.28. The van der Waals surface area contributed by atoms with Gasteiger partial charge in [-0.1, -0.05) is 0 Å². The fraction of sp³-hybridized carbons (Fsp3) is 0.500. The fourth-order valence-corrected chi connectivity index (χ4v) is 1.62. The number of hydrogen-bond donors (Lipinski definition) is 0. The highest BCUT2D eigenvalue weighted by Gasteiger charge is 2.33. The van der Waals surface area contributed by atoms with Gasteiger partial charge >= 0.3 is 12.2 Å². The number of nitrogens with zero attached hydrogens (tertiary/aromatic N) is 2. The SMILES string of the molecule is CC(C)(C)OC(=O)N(C(=O)OC(C)(C)C)c1ccc(C(=O)Cl)cn1. The molecule has 0 spiro atoms. The first kappa shape index (κ1) is 19.9. The van der Waals surface area contributed by atoms with Gasteiger partial charge in [0.2, 0.25) is 0 Å². The maximum absolute atomic E-state index is 12.4.